The summed E-state index contributed by atoms with van der Waals surface area (Å²) < 4.78 is 5.16. The SMILES string of the molecule is COc1ccc(CNC(=O)N2C3CN(Cc4ccccc4Cl)C(=O)CN3C(=O)CN2C)cc1. The molecule has 0 bridgehead atoms. The molecule has 1 N–H and O–H groups in total. The van der Waals surface area contributed by atoms with Gasteiger partial charge in [0.25, 0.3) is 0 Å². The molecule has 2 heterocycles. The Morgan fingerprint density at radius 1 is 1.09 bits per heavy atom. The second kappa shape index (κ2) is 9.68. The molecular formula is C23H26ClN5O4. The van der Waals surface area contributed by atoms with Gasteiger partial charge in [-0.05, 0) is 29.3 Å². The molecule has 174 valence electrons. The number of hydrazine groups is 1. The average molecular weight is 472 g/mol. The molecule has 10 heteroatoms. The van der Waals surface area contributed by atoms with Crippen molar-refractivity contribution in [3.8, 4) is 5.75 Å². The summed E-state index contributed by atoms with van der Waals surface area (Å²) in [5.74, 6) is 0.371. The lowest BCUT2D eigenvalue weighted by molar-refractivity contribution is -0.178. The highest BCUT2D eigenvalue weighted by molar-refractivity contribution is 6.31. The molecule has 2 fully saturated rings. The van der Waals surface area contributed by atoms with Crippen molar-refractivity contribution in [1.82, 2.24) is 25.1 Å². The van der Waals surface area contributed by atoms with Gasteiger partial charge in [-0.15, -0.1) is 0 Å². The highest BCUT2D eigenvalue weighted by Gasteiger charge is 2.45. The van der Waals surface area contributed by atoms with Crippen LogP contribution in [0.15, 0.2) is 48.5 Å². The minimum absolute atomic E-state index is 0.0181. The molecule has 0 radical (unpaired) electrons. The van der Waals surface area contributed by atoms with E-state index in [0.29, 0.717) is 18.1 Å². The van der Waals surface area contributed by atoms with Crippen LogP contribution in [0.25, 0.3) is 0 Å². The Morgan fingerprint density at radius 3 is 2.52 bits per heavy atom. The van der Waals surface area contributed by atoms with Gasteiger partial charge in [-0.3, -0.25) is 9.59 Å². The zero-order valence-electron chi connectivity index (χ0n) is 18.5. The second-order valence-electron chi connectivity index (χ2n) is 8.04. The third kappa shape index (κ3) is 4.89. The van der Waals surface area contributed by atoms with Crippen LogP contribution >= 0.6 is 11.6 Å². The number of nitrogens with zero attached hydrogens (tertiary/aromatic N) is 4. The van der Waals surface area contributed by atoms with Gasteiger partial charge in [0.05, 0.1) is 20.2 Å². The summed E-state index contributed by atoms with van der Waals surface area (Å²) in [6, 6.07) is 14.4. The van der Waals surface area contributed by atoms with Crippen LogP contribution in [0.3, 0.4) is 0 Å². The predicted molar refractivity (Wildman–Crippen MR) is 122 cm³/mol. The summed E-state index contributed by atoms with van der Waals surface area (Å²) in [6.07, 6.45) is -0.604. The summed E-state index contributed by atoms with van der Waals surface area (Å²) in [5.41, 5.74) is 1.72. The Hall–Kier alpha value is -3.30. The Balaban J connectivity index is 1.49. The zero-order valence-corrected chi connectivity index (χ0v) is 19.3. The first kappa shape index (κ1) is 22.9. The quantitative estimate of drug-likeness (QED) is 0.720. The fourth-order valence-corrected chi connectivity index (χ4v) is 4.28. The minimum atomic E-state index is -0.604. The number of benzene rings is 2. The molecule has 1 unspecified atom stereocenters. The smallest absolute Gasteiger partial charge is 0.334 e. The number of carbonyl (C=O) groups excluding carboxylic acids is 3. The maximum absolute atomic E-state index is 13.2. The van der Waals surface area contributed by atoms with Crippen LogP contribution < -0.4 is 10.1 Å². The van der Waals surface area contributed by atoms with E-state index in [0.717, 1.165) is 16.9 Å². The topological polar surface area (TPSA) is 85.4 Å². The monoisotopic (exact) mass is 471 g/mol. The van der Waals surface area contributed by atoms with Crippen molar-refractivity contribution in [1.29, 1.82) is 0 Å². The Morgan fingerprint density at radius 2 is 1.82 bits per heavy atom. The fraction of sp³-hybridized carbons (Fsp3) is 0.348. The number of piperazine rings is 1. The van der Waals surface area contributed by atoms with E-state index in [-0.39, 0.29) is 37.5 Å². The van der Waals surface area contributed by atoms with Gasteiger partial charge in [0.15, 0.2) is 0 Å². The molecule has 0 aliphatic carbocycles. The average Bonchev–Trinajstić information content (AvgIpc) is 2.80. The molecule has 4 rings (SSSR count). The van der Waals surface area contributed by atoms with E-state index >= 15 is 0 Å². The van der Waals surface area contributed by atoms with Crippen LogP contribution in [-0.4, -0.2) is 77.6 Å². The molecule has 1 atom stereocenters. The lowest BCUT2D eigenvalue weighted by atomic mass is 10.1. The highest BCUT2D eigenvalue weighted by atomic mass is 35.5. The van der Waals surface area contributed by atoms with Crippen LogP contribution in [0.4, 0.5) is 4.79 Å². The third-order valence-corrected chi connectivity index (χ3v) is 6.23. The van der Waals surface area contributed by atoms with E-state index in [1.165, 1.54) is 9.91 Å². The molecule has 2 aromatic carbocycles. The number of hydrogen-bond donors (Lipinski definition) is 1. The van der Waals surface area contributed by atoms with Crippen molar-refractivity contribution in [2.45, 2.75) is 19.3 Å². The van der Waals surface area contributed by atoms with E-state index in [1.54, 1.807) is 30.1 Å². The van der Waals surface area contributed by atoms with Crippen LogP contribution in [-0.2, 0) is 22.7 Å². The van der Waals surface area contributed by atoms with E-state index in [9.17, 15) is 14.4 Å². The lowest BCUT2D eigenvalue weighted by Crippen LogP contribution is -2.73. The van der Waals surface area contributed by atoms with Gasteiger partial charge in [0.2, 0.25) is 11.8 Å². The van der Waals surface area contributed by atoms with E-state index in [4.69, 9.17) is 16.3 Å². The molecule has 9 nitrogen and oxygen atoms in total. The van der Waals surface area contributed by atoms with Gasteiger partial charge in [0, 0.05) is 25.2 Å². The van der Waals surface area contributed by atoms with Gasteiger partial charge in [-0.2, -0.15) is 0 Å². The first-order valence-corrected chi connectivity index (χ1v) is 11.0. The van der Waals surface area contributed by atoms with Gasteiger partial charge >= 0.3 is 6.03 Å². The largest absolute Gasteiger partial charge is 0.497 e. The lowest BCUT2D eigenvalue weighted by Gasteiger charge is -2.51. The number of amides is 4. The van der Waals surface area contributed by atoms with Crippen molar-refractivity contribution < 1.29 is 19.1 Å². The third-order valence-electron chi connectivity index (χ3n) is 5.87. The fourth-order valence-electron chi connectivity index (χ4n) is 4.08. The minimum Gasteiger partial charge on any atom is -0.497 e. The number of ether oxygens (including phenoxy) is 1. The molecule has 0 aromatic heterocycles. The molecule has 2 saturated heterocycles. The van der Waals surface area contributed by atoms with Gasteiger partial charge < -0.3 is 19.9 Å². The van der Waals surface area contributed by atoms with E-state index in [1.807, 2.05) is 42.5 Å². The second-order valence-corrected chi connectivity index (χ2v) is 8.44. The van der Waals surface area contributed by atoms with E-state index < -0.39 is 6.17 Å². The number of nitrogens with one attached hydrogen (secondary N) is 1. The summed E-state index contributed by atoms with van der Waals surface area (Å²) in [5, 5.41) is 6.58. The number of methoxy groups -OCH3 is 1. The van der Waals surface area contributed by atoms with Crippen LogP contribution in [0.5, 0.6) is 5.75 Å². The molecule has 33 heavy (non-hydrogen) atoms. The molecule has 2 aliphatic heterocycles. The van der Waals surface area contributed by atoms with Gasteiger partial charge in [-0.25, -0.2) is 14.8 Å². The molecular weight excluding hydrogens is 446 g/mol. The predicted octanol–water partition coefficient (Wildman–Crippen LogP) is 1.92. The van der Waals surface area contributed by atoms with Gasteiger partial charge in [0.1, 0.15) is 18.5 Å². The standard InChI is InChI=1S/C23H26ClN5O4/c1-26-14-22(31)28-15-21(30)27(12-17-5-3-4-6-19(17)24)13-20(28)29(26)23(32)25-11-16-7-9-18(33-2)10-8-16/h3-10,20H,11-15H2,1-2H3,(H,25,32). The molecule has 4 amide bonds. The normalized spacial score (nSPS) is 18.9. The van der Waals surface area contributed by atoms with Crippen LogP contribution in [0, 0.1) is 0 Å². The summed E-state index contributed by atoms with van der Waals surface area (Å²) in [6.45, 7) is 0.753. The summed E-state index contributed by atoms with van der Waals surface area (Å²) >= 11 is 6.28. The maximum atomic E-state index is 13.2. The van der Waals surface area contributed by atoms with Crippen molar-refractivity contribution in [2.75, 3.05) is 33.8 Å². The van der Waals surface area contributed by atoms with Crippen LogP contribution in [0.2, 0.25) is 5.02 Å². The first-order valence-electron chi connectivity index (χ1n) is 10.6. The Kier molecular flexibility index (Phi) is 6.71. The maximum Gasteiger partial charge on any atom is 0.334 e. The van der Waals surface area contributed by atoms with Crippen molar-refractivity contribution in [3.63, 3.8) is 0 Å². The van der Waals surface area contributed by atoms with Crippen molar-refractivity contribution in [3.05, 3.63) is 64.7 Å². The number of fused-ring (bicyclic) bond motifs is 1. The van der Waals surface area contributed by atoms with Crippen molar-refractivity contribution in [2.24, 2.45) is 0 Å². The molecule has 0 spiro atoms. The summed E-state index contributed by atoms with van der Waals surface area (Å²) in [4.78, 5) is 41.7. The van der Waals surface area contributed by atoms with Crippen LogP contribution in [0.1, 0.15) is 11.1 Å². The molecule has 2 aromatic rings. The first-order chi connectivity index (χ1) is 15.9. The number of likely N-dealkylation sites (N-methyl/N-ethyl adjacent to an activating group) is 1. The summed E-state index contributed by atoms with van der Waals surface area (Å²) in [7, 11) is 3.29. The number of carbonyl (C=O) groups is 3. The Bertz CT molecular complexity index is 1050. The van der Waals surface area contributed by atoms with Gasteiger partial charge in [-0.1, -0.05) is 41.9 Å². The number of halogens is 1. The molecule has 0 saturated carbocycles. The van der Waals surface area contributed by atoms with E-state index in [2.05, 4.69) is 5.32 Å². The number of urea groups is 1. The van der Waals surface area contributed by atoms with Crippen molar-refractivity contribution >= 4 is 29.4 Å². The highest BCUT2D eigenvalue weighted by Crippen LogP contribution is 2.24. The Labute approximate surface area is 197 Å². The zero-order chi connectivity index (χ0) is 23.5. The number of hydrogen-bond acceptors (Lipinski definition) is 5. The molecule has 2 aliphatic rings. The number of rotatable bonds is 5.